The maximum atomic E-state index is 8.26. The fourth-order valence-corrected chi connectivity index (χ4v) is 1.54. The van der Waals surface area contributed by atoms with E-state index in [4.69, 9.17) is 5.26 Å². The first-order chi connectivity index (χ1) is 5.43. The van der Waals surface area contributed by atoms with Gasteiger partial charge in [-0.15, -0.1) is 11.3 Å². The summed E-state index contributed by atoms with van der Waals surface area (Å²) in [7, 11) is 0. The van der Waals surface area contributed by atoms with E-state index in [1.54, 1.807) is 11.3 Å². The van der Waals surface area contributed by atoms with Crippen LogP contribution in [-0.4, -0.2) is 6.54 Å². The van der Waals surface area contributed by atoms with Crippen LogP contribution in [-0.2, 0) is 6.54 Å². The summed E-state index contributed by atoms with van der Waals surface area (Å²) in [6.45, 7) is 1.92. The molecule has 1 heterocycles. The monoisotopic (exact) mass is 167 g/mol. The minimum atomic E-state index is 0.644. The molecule has 2 N–H and O–H groups in total. The molecule has 0 aliphatic carbocycles. The molecule has 0 spiro atoms. The van der Waals surface area contributed by atoms with E-state index in [0.717, 1.165) is 13.1 Å². The third-order valence-electron chi connectivity index (χ3n) is 1.39. The molecule has 0 atom stereocenters. The molecule has 58 valence electrons. The molecule has 11 heavy (non-hydrogen) atoms. The van der Waals surface area contributed by atoms with E-state index in [-0.39, 0.29) is 0 Å². The van der Waals surface area contributed by atoms with Crippen molar-refractivity contribution in [3.8, 4) is 6.07 Å². The summed E-state index contributed by atoms with van der Waals surface area (Å²) in [5.74, 6) is 0. The van der Waals surface area contributed by atoms with Crippen LogP contribution in [0.4, 0.5) is 0 Å². The highest BCUT2D eigenvalue weighted by molar-refractivity contribution is 7.09. The van der Waals surface area contributed by atoms with Gasteiger partial charge in [0.2, 0.25) is 0 Å². The van der Waals surface area contributed by atoms with Gasteiger partial charge in [-0.2, -0.15) is 5.26 Å². The summed E-state index contributed by atoms with van der Waals surface area (Å²) in [5, 5.41) is 12.5. The first kappa shape index (κ1) is 8.25. The molecule has 0 aliphatic heterocycles. The van der Waals surface area contributed by atoms with E-state index < -0.39 is 0 Å². The second-order valence-corrected chi connectivity index (χ2v) is 3.30. The molecule has 0 bridgehead atoms. The van der Waals surface area contributed by atoms with Crippen molar-refractivity contribution >= 4 is 11.3 Å². The molecular weight excluding hydrogens is 156 g/mol. The Kier molecular flexibility index (Phi) is 3.67. The molecule has 0 unspecified atom stereocenters. The molecule has 0 radical (unpaired) electrons. The normalized spacial score (nSPS) is 9.36. The zero-order chi connectivity index (χ0) is 7.94. The van der Waals surface area contributed by atoms with Crippen molar-refractivity contribution in [2.75, 3.05) is 6.54 Å². The van der Waals surface area contributed by atoms with Crippen LogP contribution < -0.4 is 5.32 Å². The lowest BCUT2D eigenvalue weighted by atomic mass is 10.4. The van der Waals surface area contributed by atoms with Gasteiger partial charge >= 0.3 is 0 Å². The molecule has 0 fully saturated rings. The van der Waals surface area contributed by atoms with Gasteiger partial charge in [-0.25, -0.2) is 0 Å². The van der Waals surface area contributed by atoms with Crippen molar-refractivity contribution in [1.82, 2.24) is 0 Å². The summed E-state index contributed by atoms with van der Waals surface area (Å²) in [4.78, 5) is 1.38. The predicted octanol–water partition coefficient (Wildman–Crippen LogP) is 0.725. The van der Waals surface area contributed by atoms with Crippen LogP contribution in [0.1, 0.15) is 11.3 Å². The maximum absolute atomic E-state index is 8.26. The Morgan fingerprint density at radius 2 is 2.55 bits per heavy atom. The summed E-state index contributed by atoms with van der Waals surface area (Å²) >= 11 is 1.77. The maximum Gasteiger partial charge on any atom is 0.111 e. The van der Waals surface area contributed by atoms with E-state index in [2.05, 4.69) is 28.9 Å². The van der Waals surface area contributed by atoms with Gasteiger partial charge in [0, 0.05) is 0 Å². The van der Waals surface area contributed by atoms with Crippen LogP contribution in [0, 0.1) is 11.3 Å². The highest BCUT2D eigenvalue weighted by Gasteiger charge is 1.94. The second-order valence-electron chi connectivity index (χ2n) is 2.27. The van der Waals surface area contributed by atoms with Gasteiger partial charge in [0.1, 0.15) is 6.54 Å². The third-order valence-corrected chi connectivity index (χ3v) is 2.28. The van der Waals surface area contributed by atoms with Crippen LogP contribution in [0.15, 0.2) is 17.5 Å². The zero-order valence-electron chi connectivity index (χ0n) is 6.29. The standard InChI is InChI=1S/C8H10N2S/c9-4-2-5-10-7-8-3-1-6-11-8/h1,3,6,10H,2,5,7H2/p+1. The lowest BCUT2D eigenvalue weighted by Crippen LogP contribution is -2.82. The molecular formula is C8H11N2S+. The first-order valence-corrected chi connectivity index (χ1v) is 4.52. The summed E-state index contributed by atoms with van der Waals surface area (Å²) < 4.78 is 0. The fraction of sp³-hybridized carbons (Fsp3) is 0.375. The highest BCUT2D eigenvalue weighted by Crippen LogP contribution is 2.05. The van der Waals surface area contributed by atoms with Crippen LogP contribution in [0.25, 0.3) is 0 Å². The molecule has 1 aromatic heterocycles. The smallest absolute Gasteiger partial charge is 0.111 e. The van der Waals surface area contributed by atoms with Gasteiger partial charge in [-0.3, -0.25) is 0 Å². The zero-order valence-corrected chi connectivity index (χ0v) is 7.10. The Morgan fingerprint density at radius 3 is 3.18 bits per heavy atom. The van der Waals surface area contributed by atoms with Gasteiger partial charge in [0.25, 0.3) is 0 Å². The Labute approximate surface area is 70.5 Å². The van der Waals surface area contributed by atoms with Crippen LogP contribution in [0.5, 0.6) is 0 Å². The lowest BCUT2D eigenvalue weighted by molar-refractivity contribution is -0.669. The summed E-state index contributed by atoms with van der Waals surface area (Å²) in [5.41, 5.74) is 0. The average molecular weight is 167 g/mol. The van der Waals surface area contributed by atoms with Crippen molar-refractivity contribution < 1.29 is 5.32 Å². The molecule has 0 aliphatic rings. The molecule has 0 saturated carbocycles. The molecule has 1 aromatic rings. The van der Waals surface area contributed by atoms with Gasteiger partial charge < -0.3 is 5.32 Å². The Morgan fingerprint density at radius 1 is 1.64 bits per heavy atom. The molecule has 2 nitrogen and oxygen atoms in total. The molecule has 3 heteroatoms. The minimum absolute atomic E-state index is 0.644. The number of rotatable bonds is 4. The van der Waals surface area contributed by atoms with E-state index in [0.29, 0.717) is 6.42 Å². The average Bonchev–Trinajstić information content (AvgIpc) is 2.50. The predicted molar refractivity (Wildman–Crippen MR) is 45.0 cm³/mol. The van der Waals surface area contributed by atoms with Crippen molar-refractivity contribution in [1.29, 1.82) is 5.26 Å². The topological polar surface area (TPSA) is 40.4 Å². The fourth-order valence-electron chi connectivity index (χ4n) is 0.840. The highest BCUT2D eigenvalue weighted by atomic mass is 32.1. The molecule has 0 amide bonds. The number of nitrogens with two attached hydrogens (primary N) is 1. The van der Waals surface area contributed by atoms with E-state index in [1.807, 2.05) is 0 Å². The van der Waals surface area contributed by atoms with Gasteiger partial charge in [-0.1, -0.05) is 6.07 Å². The van der Waals surface area contributed by atoms with Crippen LogP contribution in [0.2, 0.25) is 0 Å². The summed E-state index contributed by atoms with van der Waals surface area (Å²) in [6.07, 6.45) is 0.644. The van der Waals surface area contributed by atoms with Crippen LogP contribution in [0.3, 0.4) is 0 Å². The molecule has 0 aromatic carbocycles. The van der Waals surface area contributed by atoms with E-state index in [9.17, 15) is 0 Å². The van der Waals surface area contributed by atoms with Crippen molar-refractivity contribution in [3.63, 3.8) is 0 Å². The molecule has 1 rings (SSSR count). The summed E-state index contributed by atoms with van der Waals surface area (Å²) in [6, 6.07) is 6.29. The van der Waals surface area contributed by atoms with Crippen molar-refractivity contribution in [3.05, 3.63) is 22.4 Å². The SMILES string of the molecule is N#CCC[NH2+]Cc1cccs1. The largest absolute Gasteiger partial charge is 0.341 e. The number of nitrogens with zero attached hydrogens (tertiary/aromatic N) is 1. The van der Waals surface area contributed by atoms with Gasteiger partial charge in [0.15, 0.2) is 0 Å². The van der Waals surface area contributed by atoms with E-state index >= 15 is 0 Å². The number of nitriles is 1. The van der Waals surface area contributed by atoms with Crippen molar-refractivity contribution in [2.24, 2.45) is 0 Å². The number of hydrogen-bond acceptors (Lipinski definition) is 2. The number of thiophene rings is 1. The third kappa shape index (κ3) is 3.17. The quantitative estimate of drug-likeness (QED) is 0.660. The Hall–Kier alpha value is -0.850. The second kappa shape index (κ2) is 4.89. The van der Waals surface area contributed by atoms with Crippen LogP contribution >= 0.6 is 11.3 Å². The van der Waals surface area contributed by atoms with Gasteiger partial charge in [0.05, 0.1) is 23.9 Å². The number of quaternary nitrogens is 1. The lowest BCUT2D eigenvalue weighted by Gasteiger charge is -1.93. The Balaban J connectivity index is 2.10. The van der Waals surface area contributed by atoms with E-state index in [1.165, 1.54) is 4.88 Å². The number of hydrogen-bond donors (Lipinski definition) is 1. The minimum Gasteiger partial charge on any atom is -0.341 e. The molecule has 0 saturated heterocycles. The first-order valence-electron chi connectivity index (χ1n) is 3.64. The Bertz CT molecular complexity index is 223. The van der Waals surface area contributed by atoms with Crippen molar-refractivity contribution in [2.45, 2.75) is 13.0 Å². The van der Waals surface area contributed by atoms with Gasteiger partial charge in [-0.05, 0) is 11.4 Å².